The molecule has 0 aromatic carbocycles. The molecule has 1 aromatic rings. The zero-order valence-corrected chi connectivity index (χ0v) is 10.5. The van der Waals surface area contributed by atoms with Gasteiger partial charge in [-0.25, -0.2) is 4.98 Å². The van der Waals surface area contributed by atoms with Crippen LogP contribution < -0.4 is 0 Å². The molecule has 1 aliphatic carbocycles. The molecular formula is C13H15F3N2. The maximum absolute atomic E-state index is 12.9. The summed E-state index contributed by atoms with van der Waals surface area (Å²) in [7, 11) is 0. The number of allylic oxidation sites excluding steroid dienone is 4. The predicted molar refractivity (Wildman–Crippen MR) is 63.1 cm³/mol. The van der Waals surface area contributed by atoms with Crippen molar-refractivity contribution in [3.63, 3.8) is 0 Å². The van der Waals surface area contributed by atoms with Crippen LogP contribution in [-0.4, -0.2) is 15.7 Å². The zero-order valence-electron chi connectivity index (χ0n) is 10.5. The molecule has 0 bridgehead atoms. The van der Waals surface area contributed by atoms with Gasteiger partial charge >= 0.3 is 6.18 Å². The fourth-order valence-electron chi connectivity index (χ4n) is 2.31. The first-order valence-electron chi connectivity index (χ1n) is 5.76. The van der Waals surface area contributed by atoms with Crippen LogP contribution in [0.2, 0.25) is 0 Å². The van der Waals surface area contributed by atoms with Crippen molar-refractivity contribution < 1.29 is 13.2 Å². The van der Waals surface area contributed by atoms with Gasteiger partial charge in [-0.1, -0.05) is 24.6 Å². The Morgan fingerprint density at radius 1 is 1.28 bits per heavy atom. The second kappa shape index (κ2) is 4.30. The lowest BCUT2D eigenvalue weighted by Crippen LogP contribution is -2.27. The molecule has 98 valence electrons. The second-order valence-corrected chi connectivity index (χ2v) is 4.75. The average molecular weight is 256 g/mol. The monoisotopic (exact) mass is 256 g/mol. The molecule has 0 saturated carbocycles. The Balaban J connectivity index is 2.39. The quantitative estimate of drug-likeness (QED) is 0.747. The minimum absolute atomic E-state index is 0.326. The minimum atomic E-state index is -4.27. The third kappa shape index (κ3) is 2.35. The lowest BCUT2D eigenvalue weighted by Gasteiger charge is -2.30. The van der Waals surface area contributed by atoms with Gasteiger partial charge in [0.1, 0.15) is 0 Å². The summed E-state index contributed by atoms with van der Waals surface area (Å²) in [6, 6.07) is -0.326. The molecule has 2 nitrogen and oxygen atoms in total. The summed E-state index contributed by atoms with van der Waals surface area (Å²) < 4.78 is 40.6. The summed E-state index contributed by atoms with van der Waals surface area (Å²) in [5.41, 5.74) is 0.965. The third-order valence-electron chi connectivity index (χ3n) is 3.22. The van der Waals surface area contributed by atoms with E-state index in [4.69, 9.17) is 0 Å². The van der Waals surface area contributed by atoms with Gasteiger partial charge in [-0.15, -0.1) is 0 Å². The van der Waals surface area contributed by atoms with Gasteiger partial charge in [0.25, 0.3) is 0 Å². The smallest absolute Gasteiger partial charge is 0.330 e. The van der Waals surface area contributed by atoms with Crippen molar-refractivity contribution >= 4 is 0 Å². The van der Waals surface area contributed by atoms with Crippen molar-refractivity contribution in [1.82, 2.24) is 9.55 Å². The number of hydrogen-bond acceptors (Lipinski definition) is 1. The van der Waals surface area contributed by atoms with E-state index < -0.39 is 17.7 Å². The summed E-state index contributed by atoms with van der Waals surface area (Å²) in [5, 5.41) is 0. The summed E-state index contributed by atoms with van der Waals surface area (Å²) in [6.07, 6.45) is 2.15. The van der Waals surface area contributed by atoms with Crippen molar-refractivity contribution in [2.75, 3.05) is 0 Å². The molecule has 2 unspecified atom stereocenters. The molecule has 0 aliphatic heterocycles. The van der Waals surface area contributed by atoms with Gasteiger partial charge in [-0.3, -0.25) is 0 Å². The molecule has 1 aliphatic rings. The third-order valence-corrected chi connectivity index (χ3v) is 3.22. The molecule has 0 amide bonds. The molecule has 2 rings (SSSR count). The van der Waals surface area contributed by atoms with Crippen LogP contribution in [0.5, 0.6) is 0 Å². The largest absolute Gasteiger partial charge is 0.413 e. The predicted octanol–water partition coefficient (Wildman–Crippen LogP) is 3.82. The summed E-state index contributed by atoms with van der Waals surface area (Å²) >= 11 is 0. The molecular weight excluding hydrogens is 241 g/mol. The highest BCUT2D eigenvalue weighted by Gasteiger charge is 2.41. The molecule has 2 atom stereocenters. The number of aromatic nitrogens is 2. The van der Waals surface area contributed by atoms with E-state index in [0.717, 1.165) is 5.69 Å². The highest BCUT2D eigenvalue weighted by Crippen LogP contribution is 2.41. The SMILES string of the molecule is CC1=CC(n2cnc(C)c2)C(C)C(C(F)(F)F)=C1. The highest BCUT2D eigenvalue weighted by molar-refractivity contribution is 5.33. The maximum Gasteiger partial charge on any atom is 0.413 e. The topological polar surface area (TPSA) is 17.8 Å². The first kappa shape index (κ1) is 12.9. The first-order valence-corrected chi connectivity index (χ1v) is 5.76. The number of alkyl halides is 3. The van der Waals surface area contributed by atoms with Crippen molar-refractivity contribution in [2.45, 2.75) is 33.0 Å². The number of aryl methyl sites for hydroxylation is 1. The van der Waals surface area contributed by atoms with Crippen LogP contribution in [-0.2, 0) is 0 Å². The van der Waals surface area contributed by atoms with Gasteiger partial charge in [0.15, 0.2) is 0 Å². The standard InChI is InChI=1S/C13H15F3N2/c1-8-4-11(13(14,15)16)10(3)12(5-8)18-6-9(2)17-7-18/h4-7,10,12H,1-3H3. The number of nitrogens with zero attached hydrogens (tertiary/aromatic N) is 2. The van der Waals surface area contributed by atoms with Gasteiger partial charge in [-0.2, -0.15) is 13.2 Å². The Bertz CT molecular complexity index is 509. The van der Waals surface area contributed by atoms with Gasteiger partial charge < -0.3 is 4.57 Å². The van der Waals surface area contributed by atoms with E-state index in [1.807, 2.05) is 13.0 Å². The number of imidazole rings is 1. The van der Waals surface area contributed by atoms with Crippen molar-refractivity contribution in [2.24, 2.45) is 5.92 Å². The van der Waals surface area contributed by atoms with Crippen LogP contribution in [0, 0.1) is 12.8 Å². The molecule has 0 radical (unpaired) electrons. The molecule has 1 aromatic heterocycles. The van der Waals surface area contributed by atoms with E-state index in [2.05, 4.69) is 4.98 Å². The highest BCUT2D eigenvalue weighted by atomic mass is 19.4. The van der Waals surface area contributed by atoms with Crippen LogP contribution in [0.25, 0.3) is 0 Å². The normalized spacial score (nSPS) is 24.8. The van der Waals surface area contributed by atoms with E-state index >= 15 is 0 Å². The van der Waals surface area contributed by atoms with E-state index in [-0.39, 0.29) is 6.04 Å². The van der Waals surface area contributed by atoms with Crippen LogP contribution in [0.4, 0.5) is 13.2 Å². The zero-order chi connectivity index (χ0) is 13.5. The molecule has 5 heteroatoms. The molecule has 0 N–H and O–H groups in total. The Kier molecular flexibility index (Phi) is 3.09. The van der Waals surface area contributed by atoms with Crippen LogP contribution in [0.15, 0.2) is 35.8 Å². The Morgan fingerprint density at radius 2 is 1.94 bits per heavy atom. The molecule has 18 heavy (non-hydrogen) atoms. The van der Waals surface area contributed by atoms with Crippen LogP contribution >= 0.6 is 0 Å². The summed E-state index contributed by atoms with van der Waals surface area (Å²) in [4.78, 5) is 4.07. The summed E-state index contributed by atoms with van der Waals surface area (Å²) in [5.74, 6) is -0.609. The van der Waals surface area contributed by atoms with Crippen molar-refractivity contribution in [1.29, 1.82) is 0 Å². The minimum Gasteiger partial charge on any atom is -0.330 e. The molecule has 0 fully saturated rings. The number of halogens is 3. The van der Waals surface area contributed by atoms with E-state index in [9.17, 15) is 13.2 Å². The van der Waals surface area contributed by atoms with Gasteiger partial charge in [-0.05, 0) is 13.8 Å². The number of rotatable bonds is 1. The van der Waals surface area contributed by atoms with Gasteiger partial charge in [0.2, 0.25) is 0 Å². The Morgan fingerprint density at radius 3 is 2.44 bits per heavy atom. The van der Waals surface area contributed by atoms with Gasteiger partial charge in [0.05, 0.1) is 18.1 Å². The first-order chi connectivity index (χ1) is 8.29. The lowest BCUT2D eigenvalue weighted by atomic mass is 9.85. The molecule has 0 saturated heterocycles. The lowest BCUT2D eigenvalue weighted by molar-refractivity contribution is -0.100. The Labute approximate surface area is 104 Å². The van der Waals surface area contributed by atoms with Crippen LogP contribution in [0.1, 0.15) is 25.6 Å². The van der Waals surface area contributed by atoms with E-state index in [1.165, 1.54) is 6.08 Å². The van der Waals surface area contributed by atoms with Crippen LogP contribution in [0.3, 0.4) is 0 Å². The number of hydrogen-bond donors (Lipinski definition) is 0. The fourth-order valence-corrected chi connectivity index (χ4v) is 2.31. The van der Waals surface area contributed by atoms with E-state index in [0.29, 0.717) is 5.57 Å². The summed E-state index contributed by atoms with van der Waals surface area (Å²) in [6.45, 7) is 5.11. The van der Waals surface area contributed by atoms with Crippen molar-refractivity contribution in [3.8, 4) is 0 Å². The molecule has 1 heterocycles. The Hall–Kier alpha value is -1.52. The second-order valence-electron chi connectivity index (χ2n) is 4.75. The fraction of sp³-hybridized carbons (Fsp3) is 0.462. The van der Waals surface area contributed by atoms with E-state index in [1.54, 1.807) is 30.9 Å². The van der Waals surface area contributed by atoms with Crippen molar-refractivity contribution in [3.05, 3.63) is 41.5 Å². The average Bonchev–Trinajstić information content (AvgIpc) is 2.66. The maximum atomic E-state index is 12.9. The molecule has 0 spiro atoms. The van der Waals surface area contributed by atoms with Gasteiger partial charge in [0, 0.05) is 17.7 Å².